The quantitative estimate of drug-likeness (QED) is 0.758. The maximum absolute atomic E-state index is 13.8. The first-order chi connectivity index (χ1) is 14.6. The number of hydrogen-bond acceptors (Lipinski definition) is 5. The van der Waals surface area contributed by atoms with Crippen LogP contribution < -0.4 is 5.32 Å². The molecule has 2 aromatic carbocycles. The molecule has 3 aliphatic rings. The third-order valence-corrected chi connectivity index (χ3v) is 5.88. The number of carbonyl (C=O) groups is 1. The van der Waals surface area contributed by atoms with Crippen LogP contribution in [0.3, 0.4) is 0 Å². The first-order valence-electron chi connectivity index (χ1n) is 10.2. The van der Waals surface area contributed by atoms with Gasteiger partial charge in [0.2, 0.25) is 0 Å². The number of morpholine rings is 1. The van der Waals surface area contributed by atoms with Crippen LogP contribution in [-0.4, -0.2) is 54.9 Å². The maximum Gasteiger partial charge on any atom is 0.260 e. The minimum Gasteiger partial charge on any atom is -0.487 e. The third-order valence-electron chi connectivity index (χ3n) is 5.88. The summed E-state index contributed by atoms with van der Waals surface area (Å²) in [5, 5.41) is 12.1. The molecule has 5 rings (SSSR count). The van der Waals surface area contributed by atoms with Crippen molar-refractivity contribution in [1.29, 1.82) is 0 Å². The molecule has 6 nitrogen and oxygen atoms in total. The molecule has 3 aliphatic heterocycles. The van der Waals surface area contributed by atoms with Gasteiger partial charge in [-0.25, -0.2) is 4.39 Å². The Morgan fingerprint density at radius 2 is 2.10 bits per heavy atom. The van der Waals surface area contributed by atoms with Gasteiger partial charge in [-0.3, -0.25) is 9.69 Å². The summed E-state index contributed by atoms with van der Waals surface area (Å²) in [5.74, 6) is -0.144. The molecule has 7 heteroatoms. The maximum atomic E-state index is 13.8. The summed E-state index contributed by atoms with van der Waals surface area (Å²) in [7, 11) is 0. The van der Waals surface area contributed by atoms with Crippen LogP contribution >= 0.6 is 0 Å². The average Bonchev–Trinajstić information content (AvgIpc) is 3.31. The number of aliphatic hydroxyl groups is 1. The number of amides is 1. The predicted molar refractivity (Wildman–Crippen MR) is 110 cm³/mol. The van der Waals surface area contributed by atoms with Crippen LogP contribution in [0.2, 0.25) is 0 Å². The normalized spacial score (nSPS) is 23.1. The van der Waals surface area contributed by atoms with Crippen LogP contribution in [0.4, 0.5) is 10.1 Å². The number of benzene rings is 2. The van der Waals surface area contributed by atoms with Crippen LogP contribution in [-0.2, 0) is 27.3 Å². The Balaban J connectivity index is 1.37. The van der Waals surface area contributed by atoms with Crippen molar-refractivity contribution in [3.05, 3.63) is 64.5 Å². The van der Waals surface area contributed by atoms with Crippen LogP contribution in [0.5, 0.6) is 0 Å². The summed E-state index contributed by atoms with van der Waals surface area (Å²) in [5.41, 5.74) is 4.63. The van der Waals surface area contributed by atoms with E-state index >= 15 is 0 Å². The average molecular weight is 410 g/mol. The van der Waals surface area contributed by atoms with Crippen molar-refractivity contribution in [2.45, 2.75) is 19.1 Å². The predicted octanol–water partition coefficient (Wildman–Crippen LogP) is 2.41. The molecule has 0 radical (unpaired) electrons. The number of fused-ring (bicyclic) bond motifs is 2. The minimum atomic E-state index is -0.386. The molecule has 1 atom stereocenters. The first-order valence-corrected chi connectivity index (χ1v) is 10.2. The minimum absolute atomic E-state index is 0.0464. The van der Waals surface area contributed by atoms with Crippen molar-refractivity contribution < 1.29 is 23.8 Å². The Labute approximate surface area is 173 Å². The van der Waals surface area contributed by atoms with Crippen molar-refractivity contribution in [2.24, 2.45) is 0 Å². The van der Waals surface area contributed by atoms with E-state index in [1.807, 2.05) is 6.07 Å². The Morgan fingerprint density at radius 3 is 2.97 bits per heavy atom. The molecule has 0 aliphatic carbocycles. The molecule has 2 N–H and O–H groups in total. The number of ether oxygens (including phenoxy) is 2. The van der Waals surface area contributed by atoms with E-state index in [0.29, 0.717) is 35.8 Å². The zero-order valence-electron chi connectivity index (χ0n) is 16.5. The summed E-state index contributed by atoms with van der Waals surface area (Å²) >= 11 is 0. The summed E-state index contributed by atoms with van der Waals surface area (Å²) < 4.78 is 25.2. The lowest BCUT2D eigenvalue weighted by Crippen LogP contribution is -2.44. The highest BCUT2D eigenvalue weighted by molar-refractivity contribution is 6.36. The van der Waals surface area contributed by atoms with Gasteiger partial charge in [0.1, 0.15) is 18.2 Å². The molecular formula is C23H23FN2O4. The topological polar surface area (TPSA) is 71.0 Å². The zero-order chi connectivity index (χ0) is 20.7. The fraction of sp³-hybridized carbons (Fsp3) is 0.348. The van der Waals surface area contributed by atoms with Crippen LogP contribution in [0.25, 0.3) is 11.3 Å². The smallest absolute Gasteiger partial charge is 0.260 e. The zero-order valence-corrected chi connectivity index (χ0v) is 16.5. The molecule has 1 fully saturated rings. The van der Waals surface area contributed by atoms with E-state index in [1.54, 1.807) is 6.07 Å². The van der Waals surface area contributed by atoms with E-state index in [4.69, 9.17) is 9.47 Å². The molecule has 0 bridgehead atoms. The van der Waals surface area contributed by atoms with E-state index in [0.717, 1.165) is 37.2 Å². The molecule has 3 heterocycles. The molecule has 156 valence electrons. The van der Waals surface area contributed by atoms with Gasteiger partial charge < -0.3 is 19.9 Å². The second-order valence-corrected chi connectivity index (χ2v) is 7.85. The molecule has 0 aromatic heterocycles. The number of rotatable bonds is 4. The lowest BCUT2D eigenvalue weighted by Gasteiger charge is -2.31. The molecule has 1 amide bonds. The van der Waals surface area contributed by atoms with Crippen LogP contribution in [0, 0.1) is 5.82 Å². The molecule has 2 aromatic rings. The van der Waals surface area contributed by atoms with Gasteiger partial charge in [0.15, 0.2) is 0 Å². The second-order valence-electron chi connectivity index (χ2n) is 7.85. The van der Waals surface area contributed by atoms with Gasteiger partial charge in [0, 0.05) is 42.0 Å². The lowest BCUT2D eigenvalue weighted by molar-refractivity contribution is -0.110. The van der Waals surface area contributed by atoms with Gasteiger partial charge in [0.25, 0.3) is 5.91 Å². The Kier molecular flexibility index (Phi) is 5.02. The highest BCUT2D eigenvalue weighted by Gasteiger charge is 2.32. The fourth-order valence-corrected chi connectivity index (χ4v) is 4.32. The molecule has 0 spiro atoms. The molecule has 1 unspecified atom stereocenters. The van der Waals surface area contributed by atoms with Crippen molar-refractivity contribution in [2.75, 3.05) is 38.2 Å². The van der Waals surface area contributed by atoms with Gasteiger partial charge in [0.05, 0.1) is 24.9 Å². The monoisotopic (exact) mass is 410 g/mol. The summed E-state index contributed by atoms with van der Waals surface area (Å²) in [6.45, 7) is 3.58. The van der Waals surface area contributed by atoms with E-state index in [9.17, 15) is 14.3 Å². The number of nitrogens with one attached hydrogen (secondary N) is 1. The molecular weight excluding hydrogens is 387 g/mol. The molecule has 30 heavy (non-hydrogen) atoms. The molecule has 1 saturated heterocycles. The van der Waals surface area contributed by atoms with Gasteiger partial charge in [-0.05, 0) is 30.2 Å². The van der Waals surface area contributed by atoms with Crippen molar-refractivity contribution in [3.63, 3.8) is 0 Å². The lowest BCUT2D eigenvalue weighted by atomic mass is 9.98. The second kappa shape index (κ2) is 7.83. The van der Waals surface area contributed by atoms with E-state index in [-0.39, 0.29) is 24.4 Å². The number of halogens is 1. The SMILES string of the molecule is O=C1Nc2ccc(F)cc2C1=C1OCc2cc(CCN3CCOC(CO)C3)ccc21. The fourth-order valence-electron chi connectivity index (χ4n) is 4.32. The number of nitrogens with zero attached hydrogens (tertiary/aromatic N) is 1. The molecule has 0 saturated carbocycles. The number of carbonyl (C=O) groups excluding carboxylic acids is 1. The van der Waals surface area contributed by atoms with Gasteiger partial charge >= 0.3 is 0 Å². The Bertz CT molecular complexity index is 1040. The third kappa shape index (κ3) is 3.49. The van der Waals surface area contributed by atoms with Crippen molar-refractivity contribution in [3.8, 4) is 0 Å². The van der Waals surface area contributed by atoms with Crippen molar-refractivity contribution >= 4 is 22.9 Å². The van der Waals surface area contributed by atoms with Gasteiger partial charge in [-0.15, -0.1) is 0 Å². The number of anilines is 1. The Hall–Kier alpha value is -2.74. The standard InChI is InChI=1S/C23H23FN2O4/c24-16-2-4-20-19(10-16)21(23(28)25-20)22-18-3-1-14(9-15(18)13-30-22)5-6-26-7-8-29-17(11-26)12-27/h1-4,9-10,17,27H,5-8,11-13H2,(H,25,28). The number of aliphatic hydroxyl groups excluding tert-OH is 1. The van der Waals surface area contributed by atoms with E-state index in [1.165, 1.54) is 17.7 Å². The van der Waals surface area contributed by atoms with E-state index in [2.05, 4.69) is 22.3 Å². The first kappa shape index (κ1) is 19.2. The van der Waals surface area contributed by atoms with Crippen molar-refractivity contribution in [1.82, 2.24) is 4.90 Å². The highest BCUT2D eigenvalue weighted by atomic mass is 19.1. The summed E-state index contributed by atoms with van der Waals surface area (Å²) in [4.78, 5) is 14.8. The number of hydrogen-bond donors (Lipinski definition) is 2. The summed E-state index contributed by atoms with van der Waals surface area (Å²) in [6, 6.07) is 10.4. The van der Waals surface area contributed by atoms with Crippen LogP contribution in [0.15, 0.2) is 36.4 Å². The summed E-state index contributed by atoms with van der Waals surface area (Å²) in [6.07, 6.45) is 0.776. The van der Waals surface area contributed by atoms with Gasteiger partial charge in [-0.1, -0.05) is 18.2 Å². The van der Waals surface area contributed by atoms with E-state index < -0.39 is 0 Å². The Morgan fingerprint density at radius 1 is 1.20 bits per heavy atom. The van der Waals surface area contributed by atoms with Crippen LogP contribution in [0.1, 0.15) is 22.3 Å². The largest absolute Gasteiger partial charge is 0.487 e. The highest BCUT2D eigenvalue weighted by Crippen LogP contribution is 2.41. The van der Waals surface area contributed by atoms with Gasteiger partial charge in [-0.2, -0.15) is 0 Å².